The van der Waals surface area contributed by atoms with Crippen molar-refractivity contribution in [3.05, 3.63) is 70.8 Å². The van der Waals surface area contributed by atoms with E-state index >= 15 is 0 Å². The van der Waals surface area contributed by atoms with Crippen LogP contribution < -0.4 is 4.74 Å². The first-order valence-corrected chi connectivity index (χ1v) is 8.71. The molecular weight excluding hydrogens is 356 g/mol. The van der Waals surface area contributed by atoms with Crippen molar-refractivity contribution in [3.8, 4) is 22.8 Å². The molecule has 4 nitrogen and oxygen atoms in total. The van der Waals surface area contributed by atoms with Crippen LogP contribution in [0.2, 0.25) is 5.02 Å². The van der Waals surface area contributed by atoms with E-state index in [-0.39, 0.29) is 0 Å². The fraction of sp³-hybridized carbons (Fsp3) is 0. The quantitative estimate of drug-likeness (QED) is 0.440. The molecule has 0 radical (unpaired) electrons. The van der Waals surface area contributed by atoms with Gasteiger partial charge in [-0.3, -0.25) is 4.79 Å². The Balaban J connectivity index is 1.82. The molecule has 0 N–H and O–H groups in total. The number of aldehydes is 1. The second kappa shape index (κ2) is 6.63. The molecule has 2 aromatic carbocycles. The van der Waals surface area contributed by atoms with Gasteiger partial charge in [0.25, 0.3) is 0 Å². The van der Waals surface area contributed by atoms with Crippen LogP contribution in [-0.2, 0) is 0 Å². The summed E-state index contributed by atoms with van der Waals surface area (Å²) in [5, 5.41) is 3.55. The van der Waals surface area contributed by atoms with E-state index in [4.69, 9.17) is 16.3 Å². The number of hydrogen-bond acceptors (Lipinski definition) is 5. The van der Waals surface area contributed by atoms with Gasteiger partial charge >= 0.3 is 0 Å². The fourth-order valence-electron chi connectivity index (χ4n) is 2.53. The summed E-state index contributed by atoms with van der Waals surface area (Å²) in [6, 6.07) is 14.5. The zero-order chi connectivity index (χ0) is 17.2. The monoisotopic (exact) mass is 366 g/mol. The highest BCUT2D eigenvalue weighted by Gasteiger charge is 2.15. The predicted molar refractivity (Wildman–Crippen MR) is 99.8 cm³/mol. The second-order valence-corrected chi connectivity index (χ2v) is 6.60. The summed E-state index contributed by atoms with van der Waals surface area (Å²) in [6.45, 7) is 0. The van der Waals surface area contributed by atoms with E-state index in [0.29, 0.717) is 22.2 Å². The highest BCUT2D eigenvalue weighted by Crippen LogP contribution is 2.39. The lowest BCUT2D eigenvalue weighted by molar-refractivity contribution is 0.112. The molecule has 0 aliphatic heterocycles. The van der Waals surface area contributed by atoms with E-state index in [1.54, 1.807) is 24.3 Å². The molecule has 25 heavy (non-hydrogen) atoms. The first-order chi connectivity index (χ1) is 12.2. The lowest BCUT2D eigenvalue weighted by atomic mass is 10.1. The van der Waals surface area contributed by atoms with Crippen LogP contribution >= 0.6 is 22.9 Å². The minimum atomic E-state index is 0.458. The number of rotatable bonds is 4. The van der Waals surface area contributed by atoms with Crippen molar-refractivity contribution >= 4 is 39.4 Å². The van der Waals surface area contributed by atoms with Gasteiger partial charge in [-0.2, -0.15) is 0 Å². The van der Waals surface area contributed by atoms with Crippen LogP contribution in [0, 0.1) is 0 Å². The summed E-state index contributed by atoms with van der Waals surface area (Å²) in [5.74, 6) is 1.01. The molecule has 4 aromatic rings. The number of carbonyl (C=O) groups is 1. The highest BCUT2D eigenvalue weighted by atomic mass is 35.5. The molecule has 0 unspecified atom stereocenters. The Morgan fingerprint density at radius 1 is 1.08 bits per heavy atom. The van der Waals surface area contributed by atoms with Crippen LogP contribution in [0.3, 0.4) is 0 Å². The fourth-order valence-corrected chi connectivity index (χ4v) is 3.56. The molecule has 0 amide bonds. The second-order valence-electron chi connectivity index (χ2n) is 5.31. The van der Waals surface area contributed by atoms with Gasteiger partial charge in [0.2, 0.25) is 5.88 Å². The van der Waals surface area contributed by atoms with Gasteiger partial charge in [0.1, 0.15) is 23.2 Å². The molecule has 2 heterocycles. The Kier molecular flexibility index (Phi) is 4.17. The Bertz CT molecular complexity index is 1060. The summed E-state index contributed by atoms with van der Waals surface area (Å²) >= 11 is 7.51. The zero-order valence-electron chi connectivity index (χ0n) is 12.8. The minimum absolute atomic E-state index is 0.458. The normalized spacial score (nSPS) is 10.8. The lowest BCUT2D eigenvalue weighted by Gasteiger charge is -2.08. The smallest absolute Gasteiger partial charge is 0.231 e. The number of halogens is 1. The number of hydrogen-bond donors (Lipinski definition) is 0. The number of thiophene rings is 1. The van der Waals surface area contributed by atoms with Crippen LogP contribution in [0.1, 0.15) is 10.4 Å². The Morgan fingerprint density at radius 3 is 2.72 bits per heavy atom. The molecule has 0 fully saturated rings. The van der Waals surface area contributed by atoms with Crippen molar-refractivity contribution in [1.82, 2.24) is 9.97 Å². The average molecular weight is 367 g/mol. The molecule has 2 aromatic heterocycles. The first kappa shape index (κ1) is 15.7. The Morgan fingerprint density at radius 2 is 1.92 bits per heavy atom. The number of nitrogens with zero attached hydrogens (tertiary/aromatic N) is 2. The van der Waals surface area contributed by atoms with Crippen LogP contribution in [0.25, 0.3) is 21.3 Å². The largest absolute Gasteiger partial charge is 0.438 e. The van der Waals surface area contributed by atoms with Crippen LogP contribution in [0.5, 0.6) is 11.6 Å². The van der Waals surface area contributed by atoms with E-state index in [1.807, 2.05) is 29.6 Å². The molecule has 4 rings (SSSR count). The number of carbonyl (C=O) groups excluding carboxylic acids is 1. The van der Waals surface area contributed by atoms with Gasteiger partial charge in [0.15, 0.2) is 0 Å². The summed E-state index contributed by atoms with van der Waals surface area (Å²) < 4.78 is 5.95. The van der Waals surface area contributed by atoms with E-state index < -0.39 is 0 Å². The summed E-state index contributed by atoms with van der Waals surface area (Å²) in [6.07, 6.45) is 2.26. The van der Waals surface area contributed by atoms with Crippen LogP contribution in [-0.4, -0.2) is 16.3 Å². The Labute approximate surface area is 152 Å². The lowest BCUT2D eigenvalue weighted by Crippen LogP contribution is -1.91. The van der Waals surface area contributed by atoms with Crippen molar-refractivity contribution in [2.45, 2.75) is 0 Å². The topological polar surface area (TPSA) is 52.1 Å². The first-order valence-electron chi connectivity index (χ1n) is 7.46. The van der Waals surface area contributed by atoms with Gasteiger partial charge in [-0.25, -0.2) is 9.97 Å². The molecule has 0 aliphatic rings. The molecule has 0 aliphatic carbocycles. The van der Waals surface area contributed by atoms with E-state index in [2.05, 4.69) is 9.97 Å². The molecule has 0 bridgehead atoms. The van der Waals surface area contributed by atoms with Gasteiger partial charge in [0.05, 0.1) is 5.39 Å². The van der Waals surface area contributed by atoms with E-state index in [1.165, 1.54) is 17.7 Å². The van der Waals surface area contributed by atoms with Crippen molar-refractivity contribution in [2.75, 3.05) is 0 Å². The van der Waals surface area contributed by atoms with Gasteiger partial charge in [-0.15, -0.1) is 11.3 Å². The molecule has 122 valence electrons. The van der Waals surface area contributed by atoms with Gasteiger partial charge in [-0.1, -0.05) is 35.9 Å². The maximum atomic E-state index is 11.0. The van der Waals surface area contributed by atoms with Crippen LogP contribution in [0.15, 0.2) is 60.2 Å². The van der Waals surface area contributed by atoms with Gasteiger partial charge in [-0.05, 0) is 29.8 Å². The SMILES string of the molecule is O=Cc1cccc(Oc2ncnc3scc(-c4ccc(Cl)cc4)c23)c1. The molecular formula is C19H11ClN2O2S. The molecule has 0 atom stereocenters. The zero-order valence-corrected chi connectivity index (χ0v) is 14.4. The van der Waals surface area contributed by atoms with Crippen molar-refractivity contribution in [2.24, 2.45) is 0 Å². The Hall–Kier alpha value is -2.76. The number of fused-ring (bicyclic) bond motifs is 1. The van der Waals surface area contributed by atoms with Crippen molar-refractivity contribution in [1.29, 1.82) is 0 Å². The molecule has 0 saturated carbocycles. The maximum Gasteiger partial charge on any atom is 0.231 e. The minimum Gasteiger partial charge on any atom is -0.438 e. The van der Waals surface area contributed by atoms with Crippen molar-refractivity contribution < 1.29 is 9.53 Å². The van der Waals surface area contributed by atoms with Gasteiger partial charge in [0, 0.05) is 21.5 Å². The standard InChI is InChI=1S/C19H11ClN2O2S/c20-14-6-4-13(5-7-14)16-10-25-19-17(16)18(21-11-22-19)24-15-3-1-2-12(8-15)9-23/h1-11H. The number of ether oxygens (including phenoxy) is 1. The highest BCUT2D eigenvalue weighted by molar-refractivity contribution is 7.17. The van der Waals surface area contributed by atoms with Crippen molar-refractivity contribution in [3.63, 3.8) is 0 Å². The summed E-state index contributed by atoms with van der Waals surface area (Å²) in [4.78, 5) is 20.4. The molecule has 0 spiro atoms. The third kappa shape index (κ3) is 3.12. The van der Waals surface area contributed by atoms with Crippen LogP contribution in [0.4, 0.5) is 0 Å². The van der Waals surface area contributed by atoms with E-state index in [0.717, 1.165) is 27.6 Å². The molecule has 0 saturated heterocycles. The number of benzene rings is 2. The average Bonchev–Trinajstić information content (AvgIpc) is 3.08. The maximum absolute atomic E-state index is 11.0. The van der Waals surface area contributed by atoms with Gasteiger partial charge < -0.3 is 4.74 Å². The summed E-state index contributed by atoms with van der Waals surface area (Å²) in [7, 11) is 0. The summed E-state index contributed by atoms with van der Waals surface area (Å²) in [5.41, 5.74) is 2.54. The third-order valence-corrected chi connectivity index (χ3v) is 4.84. The van der Waals surface area contributed by atoms with E-state index in [9.17, 15) is 4.79 Å². The predicted octanol–water partition coefficient (Wildman–Crippen LogP) is 5.62. The number of aromatic nitrogens is 2. The third-order valence-electron chi connectivity index (χ3n) is 3.70. The molecule has 6 heteroatoms.